The summed E-state index contributed by atoms with van der Waals surface area (Å²) in [5.74, 6) is -2.89. The molecular formula is C9H9ClF2O. The number of aliphatic hydroxyl groups is 1. The standard InChI is InChI=1S/C9H9ClF2O/c1-9(11,12)7-3-2-6(5-13)8(10)4-7/h2-4,13H,5H2,1H3. The molecule has 0 amide bonds. The summed E-state index contributed by atoms with van der Waals surface area (Å²) in [5.41, 5.74) is 0.310. The molecule has 0 saturated carbocycles. The highest BCUT2D eigenvalue weighted by Gasteiger charge is 2.24. The number of halogens is 3. The zero-order chi connectivity index (χ0) is 10.1. The van der Waals surface area contributed by atoms with Gasteiger partial charge in [-0.15, -0.1) is 0 Å². The van der Waals surface area contributed by atoms with E-state index in [1.165, 1.54) is 18.2 Å². The second-order valence-electron chi connectivity index (χ2n) is 2.85. The molecule has 0 aromatic heterocycles. The maximum absolute atomic E-state index is 12.7. The molecule has 1 rings (SSSR count). The van der Waals surface area contributed by atoms with Gasteiger partial charge in [-0.25, -0.2) is 8.78 Å². The number of benzene rings is 1. The van der Waals surface area contributed by atoms with E-state index in [4.69, 9.17) is 16.7 Å². The van der Waals surface area contributed by atoms with Crippen LogP contribution in [0.5, 0.6) is 0 Å². The SMILES string of the molecule is CC(F)(F)c1ccc(CO)c(Cl)c1. The first-order valence-electron chi connectivity index (χ1n) is 3.72. The maximum atomic E-state index is 12.7. The van der Waals surface area contributed by atoms with E-state index >= 15 is 0 Å². The third-order valence-corrected chi connectivity index (χ3v) is 2.08. The largest absolute Gasteiger partial charge is 0.392 e. The molecule has 1 N–H and O–H groups in total. The Bertz CT molecular complexity index is 307. The number of hydrogen-bond acceptors (Lipinski definition) is 1. The second kappa shape index (κ2) is 3.60. The van der Waals surface area contributed by atoms with Gasteiger partial charge < -0.3 is 5.11 Å². The third kappa shape index (κ3) is 2.39. The van der Waals surface area contributed by atoms with E-state index in [9.17, 15) is 8.78 Å². The van der Waals surface area contributed by atoms with Gasteiger partial charge in [0.25, 0.3) is 5.92 Å². The van der Waals surface area contributed by atoms with E-state index in [2.05, 4.69) is 0 Å². The Morgan fingerprint density at radius 2 is 2.08 bits per heavy atom. The van der Waals surface area contributed by atoms with Crippen LogP contribution in [0.3, 0.4) is 0 Å². The molecule has 1 nitrogen and oxygen atoms in total. The van der Waals surface area contributed by atoms with Crippen molar-refractivity contribution < 1.29 is 13.9 Å². The molecule has 0 bridgehead atoms. The molecule has 1 aromatic carbocycles. The van der Waals surface area contributed by atoms with Crippen LogP contribution in [0.4, 0.5) is 8.78 Å². The van der Waals surface area contributed by atoms with Crippen LogP contribution in [0.1, 0.15) is 18.1 Å². The third-order valence-electron chi connectivity index (χ3n) is 1.73. The van der Waals surface area contributed by atoms with E-state index in [1.807, 2.05) is 0 Å². The van der Waals surface area contributed by atoms with Crippen LogP contribution in [0.2, 0.25) is 5.02 Å². The van der Waals surface area contributed by atoms with Crippen molar-refractivity contribution in [1.82, 2.24) is 0 Å². The summed E-state index contributed by atoms with van der Waals surface area (Å²) >= 11 is 5.64. The predicted octanol–water partition coefficient (Wildman–Crippen LogP) is 2.94. The minimum absolute atomic E-state index is 0.144. The highest BCUT2D eigenvalue weighted by Crippen LogP contribution is 2.30. The summed E-state index contributed by atoms with van der Waals surface area (Å²) in [6.07, 6.45) is 0. The molecule has 0 aliphatic heterocycles. The predicted molar refractivity (Wildman–Crippen MR) is 46.9 cm³/mol. The van der Waals surface area contributed by atoms with Crippen molar-refractivity contribution in [3.05, 3.63) is 34.3 Å². The lowest BCUT2D eigenvalue weighted by atomic mass is 10.1. The monoisotopic (exact) mass is 206 g/mol. The molecule has 0 aliphatic rings. The fraction of sp³-hybridized carbons (Fsp3) is 0.333. The molecule has 0 aliphatic carbocycles. The van der Waals surface area contributed by atoms with Crippen LogP contribution < -0.4 is 0 Å². The summed E-state index contributed by atoms with van der Waals surface area (Å²) in [6, 6.07) is 3.83. The number of rotatable bonds is 2. The Labute approximate surface area is 80.0 Å². The molecule has 0 atom stereocenters. The first-order valence-corrected chi connectivity index (χ1v) is 4.10. The van der Waals surface area contributed by atoms with Gasteiger partial charge in [0.05, 0.1) is 6.61 Å². The average molecular weight is 207 g/mol. The summed E-state index contributed by atoms with van der Waals surface area (Å²) in [7, 11) is 0. The van der Waals surface area contributed by atoms with Crippen molar-refractivity contribution >= 4 is 11.6 Å². The van der Waals surface area contributed by atoms with Crippen molar-refractivity contribution in [2.24, 2.45) is 0 Å². The minimum Gasteiger partial charge on any atom is -0.392 e. The van der Waals surface area contributed by atoms with Gasteiger partial charge in [0.15, 0.2) is 0 Å². The molecular weight excluding hydrogens is 198 g/mol. The molecule has 72 valence electrons. The zero-order valence-electron chi connectivity index (χ0n) is 7.02. The van der Waals surface area contributed by atoms with Gasteiger partial charge in [0.2, 0.25) is 0 Å². The number of hydrogen-bond donors (Lipinski definition) is 1. The lowest BCUT2D eigenvalue weighted by Crippen LogP contribution is -2.07. The van der Waals surface area contributed by atoms with E-state index in [1.54, 1.807) is 0 Å². The number of aliphatic hydroxyl groups excluding tert-OH is 1. The van der Waals surface area contributed by atoms with Crippen molar-refractivity contribution in [2.75, 3.05) is 0 Å². The van der Waals surface area contributed by atoms with Crippen LogP contribution >= 0.6 is 11.6 Å². The van der Waals surface area contributed by atoms with Gasteiger partial charge >= 0.3 is 0 Å². The summed E-state index contributed by atoms with van der Waals surface area (Å²) in [4.78, 5) is 0. The lowest BCUT2D eigenvalue weighted by molar-refractivity contribution is 0.0174. The summed E-state index contributed by atoms with van der Waals surface area (Å²) in [6.45, 7) is 0.561. The van der Waals surface area contributed by atoms with Gasteiger partial charge in [0.1, 0.15) is 0 Å². The first-order chi connectivity index (χ1) is 5.95. The molecule has 1 aromatic rings. The van der Waals surface area contributed by atoms with Crippen LogP contribution in [-0.4, -0.2) is 5.11 Å². The molecule has 0 unspecified atom stereocenters. The molecule has 13 heavy (non-hydrogen) atoms. The molecule has 0 fully saturated rings. The van der Waals surface area contributed by atoms with Gasteiger partial charge in [0, 0.05) is 17.5 Å². The van der Waals surface area contributed by atoms with Gasteiger partial charge in [-0.2, -0.15) is 0 Å². The lowest BCUT2D eigenvalue weighted by Gasteiger charge is -2.11. The van der Waals surface area contributed by atoms with Crippen molar-refractivity contribution in [1.29, 1.82) is 0 Å². The number of alkyl halides is 2. The maximum Gasteiger partial charge on any atom is 0.270 e. The topological polar surface area (TPSA) is 20.2 Å². The van der Waals surface area contributed by atoms with Crippen molar-refractivity contribution in [3.63, 3.8) is 0 Å². The highest BCUT2D eigenvalue weighted by atomic mass is 35.5. The smallest absolute Gasteiger partial charge is 0.270 e. The Morgan fingerprint density at radius 1 is 1.46 bits per heavy atom. The average Bonchev–Trinajstić information content (AvgIpc) is 2.02. The first kappa shape index (κ1) is 10.4. The molecule has 0 radical (unpaired) electrons. The normalized spacial score (nSPS) is 11.8. The van der Waals surface area contributed by atoms with Crippen LogP contribution in [-0.2, 0) is 12.5 Å². The second-order valence-corrected chi connectivity index (χ2v) is 3.26. The van der Waals surface area contributed by atoms with E-state index < -0.39 is 5.92 Å². The highest BCUT2D eigenvalue weighted by molar-refractivity contribution is 6.31. The Kier molecular flexibility index (Phi) is 2.88. The zero-order valence-corrected chi connectivity index (χ0v) is 7.78. The van der Waals surface area contributed by atoms with E-state index in [0.717, 1.165) is 6.92 Å². The van der Waals surface area contributed by atoms with E-state index in [-0.39, 0.29) is 17.2 Å². The molecule has 0 saturated heterocycles. The quantitative estimate of drug-likeness (QED) is 0.789. The van der Waals surface area contributed by atoms with Crippen LogP contribution in [0.15, 0.2) is 18.2 Å². The van der Waals surface area contributed by atoms with Crippen molar-refractivity contribution in [2.45, 2.75) is 19.5 Å². The van der Waals surface area contributed by atoms with Gasteiger partial charge in [-0.1, -0.05) is 23.7 Å². The van der Waals surface area contributed by atoms with E-state index in [0.29, 0.717) is 5.56 Å². The minimum atomic E-state index is -2.89. The Morgan fingerprint density at radius 3 is 2.46 bits per heavy atom. The van der Waals surface area contributed by atoms with Crippen molar-refractivity contribution in [3.8, 4) is 0 Å². The van der Waals surface area contributed by atoms with Crippen LogP contribution in [0.25, 0.3) is 0 Å². The Hall–Kier alpha value is -0.670. The molecule has 4 heteroatoms. The summed E-state index contributed by atoms with van der Waals surface area (Å²) in [5, 5.41) is 8.91. The van der Waals surface area contributed by atoms with Gasteiger partial charge in [-0.05, 0) is 11.6 Å². The Balaban J connectivity index is 3.10. The van der Waals surface area contributed by atoms with Crippen LogP contribution in [0, 0.1) is 0 Å². The fourth-order valence-electron chi connectivity index (χ4n) is 0.949. The molecule has 0 heterocycles. The summed E-state index contributed by atoms with van der Waals surface area (Å²) < 4.78 is 25.5. The molecule has 0 spiro atoms. The fourth-order valence-corrected chi connectivity index (χ4v) is 1.19. The van der Waals surface area contributed by atoms with Gasteiger partial charge in [-0.3, -0.25) is 0 Å².